The summed E-state index contributed by atoms with van der Waals surface area (Å²) in [7, 11) is 0. The van der Waals surface area contributed by atoms with Gasteiger partial charge in [-0.15, -0.1) is 10.2 Å². The molecule has 1 aromatic carbocycles. The van der Waals surface area contributed by atoms with E-state index in [1.165, 1.54) is 31.2 Å². The summed E-state index contributed by atoms with van der Waals surface area (Å²) in [6.45, 7) is 11.6. The van der Waals surface area contributed by atoms with Crippen LogP contribution in [0.3, 0.4) is 0 Å². The summed E-state index contributed by atoms with van der Waals surface area (Å²) in [5, 5.41) is 12.0. The molecule has 2 fully saturated rings. The topological polar surface area (TPSA) is 64.6 Å². The standard InChI is InChI=1S/C25H36N6O/c1-25(2,3)20-8-10-21(11-9-20)26-24(32)31-18-16-30(17-19-31)23-13-12-22(27-28-23)29-14-6-4-5-7-15-29/h8-13H,4-7,14-19H2,1-3H3,(H,26,32). The number of piperazine rings is 1. The van der Waals surface area contributed by atoms with Gasteiger partial charge in [-0.3, -0.25) is 0 Å². The SMILES string of the molecule is CC(C)(C)c1ccc(NC(=O)N2CCN(c3ccc(N4CCCCCC4)nn3)CC2)cc1. The average molecular weight is 437 g/mol. The van der Waals surface area contributed by atoms with Gasteiger partial charge in [0.1, 0.15) is 0 Å². The van der Waals surface area contributed by atoms with Gasteiger partial charge in [-0.05, 0) is 48.1 Å². The molecule has 2 aliphatic rings. The Morgan fingerprint density at radius 3 is 1.78 bits per heavy atom. The minimum Gasteiger partial charge on any atom is -0.355 e. The highest BCUT2D eigenvalue weighted by atomic mass is 16.2. The third-order valence-corrected chi connectivity index (χ3v) is 6.46. The van der Waals surface area contributed by atoms with E-state index >= 15 is 0 Å². The first-order valence-electron chi connectivity index (χ1n) is 11.9. The van der Waals surface area contributed by atoms with Gasteiger partial charge in [-0.2, -0.15) is 0 Å². The van der Waals surface area contributed by atoms with Gasteiger partial charge in [0, 0.05) is 45.0 Å². The van der Waals surface area contributed by atoms with Crippen molar-refractivity contribution in [3.8, 4) is 0 Å². The molecular weight excluding hydrogens is 400 g/mol. The molecule has 1 N–H and O–H groups in total. The minimum atomic E-state index is -0.0456. The lowest BCUT2D eigenvalue weighted by Gasteiger charge is -2.35. The van der Waals surface area contributed by atoms with Crippen molar-refractivity contribution in [2.24, 2.45) is 0 Å². The van der Waals surface area contributed by atoms with Crippen LogP contribution in [-0.2, 0) is 5.41 Å². The molecule has 32 heavy (non-hydrogen) atoms. The fourth-order valence-corrected chi connectivity index (χ4v) is 4.35. The summed E-state index contributed by atoms with van der Waals surface area (Å²) >= 11 is 0. The van der Waals surface area contributed by atoms with E-state index in [9.17, 15) is 4.79 Å². The maximum atomic E-state index is 12.7. The monoisotopic (exact) mass is 436 g/mol. The first kappa shape index (κ1) is 22.4. The predicted octanol–water partition coefficient (Wildman–Crippen LogP) is 4.51. The molecule has 2 aliphatic heterocycles. The molecular formula is C25H36N6O. The molecule has 7 nitrogen and oxygen atoms in total. The van der Waals surface area contributed by atoms with E-state index in [-0.39, 0.29) is 11.4 Å². The summed E-state index contributed by atoms with van der Waals surface area (Å²) in [6.07, 6.45) is 5.08. The van der Waals surface area contributed by atoms with Gasteiger partial charge >= 0.3 is 6.03 Å². The van der Waals surface area contributed by atoms with Crippen molar-refractivity contribution < 1.29 is 4.79 Å². The average Bonchev–Trinajstić information content (AvgIpc) is 3.09. The molecule has 7 heteroatoms. The normalized spacial score (nSPS) is 17.8. The molecule has 0 atom stereocenters. The molecule has 0 spiro atoms. The Bertz CT molecular complexity index is 874. The molecule has 1 aromatic heterocycles. The van der Waals surface area contributed by atoms with Crippen molar-refractivity contribution in [3.05, 3.63) is 42.0 Å². The zero-order valence-electron chi connectivity index (χ0n) is 19.7. The Hall–Kier alpha value is -2.83. The Kier molecular flexibility index (Phi) is 6.82. The van der Waals surface area contributed by atoms with Crippen LogP contribution < -0.4 is 15.1 Å². The number of benzene rings is 1. The molecule has 0 radical (unpaired) electrons. The zero-order valence-corrected chi connectivity index (χ0v) is 19.7. The van der Waals surface area contributed by atoms with Crippen LogP contribution >= 0.6 is 0 Å². The third-order valence-electron chi connectivity index (χ3n) is 6.46. The molecule has 0 unspecified atom stereocenters. The molecule has 2 amide bonds. The highest BCUT2D eigenvalue weighted by Crippen LogP contribution is 2.24. The van der Waals surface area contributed by atoms with E-state index in [1.54, 1.807) is 0 Å². The van der Waals surface area contributed by atoms with Crippen LogP contribution in [0.25, 0.3) is 0 Å². The van der Waals surface area contributed by atoms with Crippen LogP contribution in [-0.4, -0.2) is 60.4 Å². The highest BCUT2D eigenvalue weighted by molar-refractivity contribution is 5.89. The molecule has 2 aromatic rings. The van der Waals surface area contributed by atoms with E-state index < -0.39 is 0 Å². The summed E-state index contributed by atoms with van der Waals surface area (Å²) in [5.74, 6) is 1.87. The van der Waals surface area contributed by atoms with Crippen LogP contribution in [0.15, 0.2) is 36.4 Å². The number of anilines is 3. The quantitative estimate of drug-likeness (QED) is 0.767. The fraction of sp³-hybridized carbons (Fsp3) is 0.560. The van der Waals surface area contributed by atoms with Crippen LogP contribution in [0.4, 0.5) is 22.1 Å². The largest absolute Gasteiger partial charge is 0.355 e. The number of carbonyl (C=O) groups is 1. The highest BCUT2D eigenvalue weighted by Gasteiger charge is 2.23. The summed E-state index contributed by atoms with van der Waals surface area (Å²) in [5.41, 5.74) is 2.19. The Morgan fingerprint density at radius 1 is 0.750 bits per heavy atom. The maximum absolute atomic E-state index is 12.7. The van der Waals surface area contributed by atoms with Crippen molar-refractivity contribution in [2.75, 3.05) is 54.4 Å². The van der Waals surface area contributed by atoms with E-state index in [0.717, 1.165) is 43.5 Å². The van der Waals surface area contributed by atoms with Gasteiger partial charge < -0.3 is 20.0 Å². The zero-order chi connectivity index (χ0) is 22.6. The molecule has 2 saturated heterocycles. The van der Waals surface area contributed by atoms with Crippen molar-refractivity contribution >= 4 is 23.4 Å². The first-order chi connectivity index (χ1) is 15.4. The van der Waals surface area contributed by atoms with E-state index in [0.29, 0.717) is 13.1 Å². The van der Waals surface area contributed by atoms with Crippen molar-refractivity contribution in [1.82, 2.24) is 15.1 Å². The number of carbonyl (C=O) groups excluding carboxylic acids is 1. The van der Waals surface area contributed by atoms with Crippen LogP contribution in [0.2, 0.25) is 0 Å². The van der Waals surface area contributed by atoms with Crippen molar-refractivity contribution in [3.63, 3.8) is 0 Å². The Balaban J connectivity index is 1.28. The number of amides is 2. The Morgan fingerprint density at radius 2 is 1.28 bits per heavy atom. The van der Waals surface area contributed by atoms with Crippen LogP contribution in [0.5, 0.6) is 0 Å². The molecule has 172 valence electrons. The lowest BCUT2D eigenvalue weighted by molar-refractivity contribution is 0.208. The number of nitrogens with one attached hydrogen (secondary N) is 1. The van der Waals surface area contributed by atoms with E-state index in [2.05, 4.69) is 70.4 Å². The number of hydrogen-bond donors (Lipinski definition) is 1. The summed E-state index contributed by atoms with van der Waals surface area (Å²) < 4.78 is 0. The van der Waals surface area contributed by atoms with Crippen LogP contribution in [0, 0.1) is 0 Å². The van der Waals surface area contributed by atoms with Gasteiger partial charge in [-0.1, -0.05) is 45.7 Å². The molecule has 0 saturated carbocycles. The first-order valence-corrected chi connectivity index (χ1v) is 11.9. The fourth-order valence-electron chi connectivity index (χ4n) is 4.35. The molecule has 4 rings (SSSR count). The second-order valence-electron chi connectivity index (χ2n) is 9.88. The van der Waals surface area contributed by atoms with Gasteiger partial charge in [0.2, 0.25) is 0 Å². The minimum absolute atomic E-state index is 0.0456. The van der Waals surface area contributed by atoms with E-state index in [1.807, 2.05) is 17.0 Å². The van der Waals surface area contributed by atoms with Crippen LogP contribution in [0.1, 0.15) is 52.0 Å². The van der Waals surface area contributed by atoms with Gasteiger partial charge in [0.25, 0.3) is 0 Å². The van der Waals surface area contributed by atoms with Gasteiger partial charge in [-0.25, -0.2) is 4.79 Å². The van der Waals surface area contributed by atoms with Crippen molar-refractivity contribution in [2.45, 2.75) is 51.9 Å². The summed E-state index contributed by atoms with van der Waals surface area (Å²) in [6, 6.07) is 12.2. The number of rotatable bonds is 3. The molecule has 0 bridgehead atoms. The number of urea groups is 1. The number of nitrogens with zero attached hydrogens (tertiary/aromatic N) is 5. The van der Waals surface area contributed by atoms with E-state index in [4.69, 9.17) is 0 Å². The smallest absolute Gasteiger partial charge is 0.321 e. The van der Waals surface area contributed by atoms with Crippen molar-refractivity contribution in [1.29, 1.82) is 0 Å². The lowest BCUT2D eigenvalue weighted by Crippen LogP contribution is -2.50. The molecule has 0 aliphatic carbocycles. The second kappa shape index (κ2) is 9.76. The molecule has 3 heterocycles. The lowest BCUT2D eigenvalue weighted by atomic mass is 9.87. The second-order valence-corrected chi connectivity index (χ2v) is 9.88. The maximum Gasteiger partial charge on any atom is 0.321 e. The van der Waals surface area contributed by atoms with Gasteiger partial charge in [0.15, 0.2) is 11.6 Å². The predicted molar refractivity (Wildman–Crippen MR) is 131 cm³/mol. The summed E-state index contributed by atoms with van der Waals surface area (Å²) in [4.78, 5) is 19.1. The van der Waals surface area contributed by atoms with Gasteiger partial charge in [0.05, 0.1) is 0 Å². The number of aromatic nitrogens is 2. The number of hydrogen-bond acceptors (Lipinski definition) is 5. The Labute approximate surface area is 191 Å². The third kappa shape index (κ3) is 5.50.